The summed E-state index contributed by atoms with van der Waals surface area (Å²) >= 11 is 0. The molecule has 0 aromatic carbocycles. The first kappa shape index (κ1) is 14.4. The second kappa shape index (κ2) is 6.09. The van der Waals surface area contributed by atoms with E-state index in [9.17, 15) is 0 Å². The third-order valence-corrected chi connectivity index (χ3v) is 5.27. The highest BCUT2D eigenvalue weighted by atomic mass is 14.9. The minimum absolute atomic E-state index is 0.464. The molecule has 0 aromatic rings. The number of rotatable bonds is 3. The van der Waals surface area contributed by atoms with Gasteiger partial charge >= 0.3 is 0 Å². The maximum Gasteiger partial charge on any atom is 0.0531 e. The Morgan fingerprint density at radius 1 is 1.05 bits per heavy atom. The van der Waals surface area contributed by atoms with Gasteiger partial charge in [0.1, 0.15) is 0 Å². The van der Waals surface area contributed by atoms with Crippen molar-refractivity contribution in [3.63, 3.8) is 0 Å². The van der Waals surface area contributed by atoms with Crippen LogP contribution in [0.4, 0.5) is 0 Å². The quantitative estimate of drug-likeness (QED) is 0.774. The van der Waals surface area contributed by atoms with E-state index < -0.39 is 0 Å². The van der Waals surface area contributed by atoms with Crippen LogP contribution in [0.3, 0.4) is 0 Å². The van der Waals surface area contributed by atoms with Crippen LogP contribution in [0.25, 0.3) is 0 Å². The molecule has 21 heavy (non-hydrogen) atoms. The van der Waals surface area contributed by atoms with Gasteiger partial charge in [-0.1, -0.05) is 67.5 Å². The summed E-state index contributed by atoms with van der Waals surface area (Å²) < 4.78 is 0. The lowest BCUT2D eigenvalue weighted by atomic mass is 9.75. The molecule has 0 amide bonds. The normalized spacial score (nSPS) is 34.7. The summed E-state index contributed by atoms with van der Waals surface area (Å²) in [5.74, 6) is 1.97. The molecule has 112 valence electrons. The Kier molecular flexibility index (Phi) is 4.19. The molecule has 3 aliphatic carbocycles. The van der Waals surface area contributed by atoms with Gasteiger partial charge < -0.3 is 5.32 Å². The molecule has 4 atom stereocenters. The van der Waals surface area contributed by atoms with E-state index in [-0.39, 0.29) is 0 Å². The van der Waals surface area contributed by atoms with Crippen molar-refractivity contribution in [2.75, 3.05) is 0 Å². The first-order valence-corrected chi connectivity index (χ1v) is 8.36. The van der Waals surface area contributed by atoms with E-state index in [4.69, 9.17) is 0 Å². The topological polar surface area (TPSA) is 12.0 Å². The molecule has 3 aliphatic rings. The van der Waals surface area contributed by atoms with Gasteiger partial charge in [-0.05, 0) is 43.9 Å². The summed E-state index contributed by atoms with van der Waals surface area (Å²) in [5.41, 5.74) is 4.60. The molecule has 0 saturated heterocycles. The Hall–Kier alpha value is -1.50. The number of nitrogens with one attached hydrogen (secondary N) is 1. The number of hydrogen-bond acceptors (Lipinski definition) is 1. The maximum atomic E-state index is 3.89. The zero-order valence-electron chi connectivity index (χ0n) is 13.5. The predicted molar refractivity (Wildman–Crippen MR) is 90.8 cm³/mol. The fraction of sp³-hybridized carbons (Fsp3) is 0.500. The molecular weight excluding hydrogens is 254 g/mol. The first-order chi connectivity index (χ1) is 10.2. The average molecular weight is 281 g/mol. The molecule has 3 rings (SSSR count). The minimum atomic E-state index is 0.464. The molecule has 0 bridgehead atoms. The Morgan fingerprint density at radius 2 is 1.76 bits per heavy atom. The second-order valence-electron chi connectivity index (χ2n) is 6.72. The lowest BCUT2D eigenvalue weighted by Crippen LogP contribution is -2.38. The van der Waals surface area contributed by atoms with Gasteiger partial charge in [-0.25, -0.2) is 0 Å². The Morgan fingerprint density at radius 3 is 2.43 bits per heavy atom. The minimum Gasteiger partial charge on any atom is -0.381 e. The third-order valence-electron chi connectivity index (χ3n) is 5.27. The van der Waals surface area contributed by atoms with Gasteiger partial charge in [0.25, 0.3) is 0 Å². The molecule has 0 aromatic heterocycles. The molecule has 0 radical (unpaired) electrons. The monoisotopic (exact) mass is 281 g/mol. The van der Waals surface area contributed by atoms with Crippen molar-refractivity contribution < 1.29 is 0 Å². The molecule has 1 N–H and O–H groups in total. The van der Waals surface area contributed by atoms with Crippen molar-refractivity contribution in [2.24, 2.45) is 17.8 Å². The molecule has 0 fully saturated rings. The summed E-state index contributed by atoms with van der Waals surface area (Å²) in [7, 11) is 0. The van der Waals surface area contributed by atoms with E-state index in [1.807, 2.05) is 0 Å². The molecule has 0 spiro atoms. The van der Waals surface area contributed by atoms with Crippen LogP contribution < -0.4 is 5.32 Å². The van der Waals surface area contributed by atoms with Gasteiger partial charge in [0.05, 0.1) is 6.04 Å². The van der Waals surface area contributed by atoms with Gasteiger partial charge in [-0.2, -0.15) is 0 Å². The highest BCUT2D eigenvalue weighted by Crippen LogP contribution is 2.38. The average Bonchev–Trinajstić information content (AvgIpc) is 2.50. The van der Waals surface area contributed by atoms with E-state index in [0.717, 1.165) is 5.92 Å². The van der Waals surface area contributed by atoms with Gasteiger partial charge in [0.2, 0.25) is 0 Å². The largest absolute Gasteiger partial charge is 0.381 e. The van der Waals surface area contributed by atoms with Crippen LogP contribution in [0, 0.1) is 17.8 Å². The lowest BCUT2D eigenvalue weighted by Gasteiger charge is -2.36. The number of hydrogen-bond donors (Lipinski definition) is 1. The van der Waals surface area contributed by atoms with Gasteiger partial charge in [0, 0.05) is 5.70 Å². The Bertz CT molecular complexity index is 544. The van der Waals surface area contributed by atoms with Crippen molar-refractivity contribution >= 4 is 0 Å². The van der Waals surface area contributed by atoms with E-state index in [1.54, 1.807) is 5.57 Å². The summed E-state index contributed by atoms with van der Waals surface area (Å²) in [5, 5.41) is 3.89. The molecule has 1 nitrogen and oxygen atoms in total. The highest BCUT2D eigenvalue weighted by molar-refractivity contribution is 5.30. The van der Waals surface area contributed by atoms with Crippen molar-refractivity contribution in [2.45, 2.75) is 46.1 Å². The number of allylic oxidation sites excluding steroid dienone is 8. The first-order valence-electron chi connectivity index (χ1n) is 8.36. The van der Waals surface area contributed by atoms with Crippen LogP contribution in [0.15, 0.2) is 59.4 Å². The van der Waals surface area contributed by atoms with Crippen LogP contribution in [0.5, 0.6) is 0 Å². The molecular formula is C20H27N. The number of fused-ring (bicyclic) bond motifs is 1. The molecule has 4 unspecified atom stereocenters. The van der Waals surface area contributed by atoms with E-state index in [2.05, 4.69) is 68.6 Å². The van der Waals surface area contributed by atoms with E-state index in [0.29, 0.717) is 17.9 Å². The predicted octanol–water partition coefficient (Wildman–Crippen LogP) is 4.91. The lowest BCUT2D eigenvalue weighted by molar-refractivity contribution is 0.395. The molecule has 0 heterocycles. The van der Waals surface area contributed by atoms with Crippen molar-refractivity contribution in [3.05, 3.63) is 59.4 Å². The summed E-state index contributed by atoms with van der Waals surface area (Å²) in [6, 6.07) is 0.464. The summed E-state index contributed by atoms with van der Waals surface area (Å²) in [6.45, 7) is 6.86. The SMILES string of the molecule is CCC1=C(NC2C(C)=CC=CC2C)CC2C=CC=CC2C1. The summed E-state index contributed by atoms with van der Waals surface area (Å²) in [4.78, 5) is 0. The van der Waals surface area contributed by atoms with Crippen LogP contribution in [0.1, 0.15) is 40.0 Å². The Labute approximate surface area is 129 Å². The fourth-order valence-electron chi connectivity index (χ4n) is 3.89. The van der Waals surface area contributed by atoms with E-state index >= 15 is 0 Å². The Balaban J connectivity index is 1.81. The van der Waals surface area contributed by atoms with Crippen LogP contribution in [-0.2, 0) is 0 Å². The van der Waals surface area contributed by atoms with Crippen LogP contribution in [-0.4, -0.2) is 6.04 Å². The van der Waals surface area contributed by atoms with Crippen LogP contribution in [0.2, 0.25) is 0 Å². The summed E-state index contributed by atoms with van der Waals surface area (Å²) in [6.07, 6.45) is 19.5. The van der Waals surface area contributed by atoms with Gasteiger partial charge in [0.15, 0.2) is 0 Å². The van der Waals surface area contributed by atoms with E-state index in [1.165, 1.54) is 30.5 Å². The highest BCUT2D eigenvalue weighted by Gasteiger charge is 2.29. The maximum absolute atomic E-state index is 3.89. The fourth-order valence-corrected chi connectivity index (χ4v) is 3.89. The van der Waals surface area contributed by atoms with Crippen molar-refractivity contribution in [1.29, 1.82) is 0 Å². The van der Waals surface area contributed by atoms with Crippen LogP contribution >= 0.6 is 0 Å². The van der Waals surface area contributed by atoms with Gasteiger partial charge in [-0.15, -0.1) is 0 Å². The second-order valence-corrected chi connectivity index (χ2v) is 6.72. The zero-order chi connectivity index (χ0) is 14.8. The van der Waals surface area contributed by atoms with Crippen molar-refractivity contribution in [1.82, 2.24) is 5.32 Å². The smallest absolute Gasteiger partial charge is 0.0531 e. The third kappa shape index (κ3) is 2.92. The van der Waals surface area contributed by atoms with Crippen molar-refractivity contribution in [3.8, 4) is 0 Å². The standard InChI is InChI=1S/C20H27N/c1-4-16-12-17-10-5-6-11-18(17)13-19(16)21-20-14(2)8-7-9-15(20)3/h5-11,14,17-18,20-21H,4,12-13H2,1-3H3. The molecule has 1 heteroatoms. The van der Waals surface area contributed by atoms with Gasteiger partial charge in [-0.3, -0.25) is 0 Å². The molecule has 0 aliphatic heterocycles. The zero-order valence-corrected chi connectivity index (χ0v) is 13.5. The molecule has 0 saturated carbocycles.